The van der Waals surface area contributed by atoms with Crippen molar-refractivity contribution in [2.24, 2.45) is 0 Å². The summed E-state index contributed by atoms with van der Waals surface area (Å²) < 4.78 is 13.5. The maximum Gasteiger partial charge on any atom is 0.165 e. The summed E-state index contributed by atoms with van der Waals surface area (Å²) in [5, 5.41) is 0. The minimum absolute atomic E-state index is 0.307. The summed E-state index contributed by atoms with van der Waals surface area (Å²) in [5.74, 6) is 0.0394. The third kappa shape index (κ3) is 1.89. The molecular weight excluding hydrogens is 211 g/mol. The van der Waals surface area contributed by atoms with Gasteiger partial charge in [-0.25, -0.2) is 9.37 Å². The second-order valence-corrected chi connectivity index (χ2v) is 3.15. The van der Waals surface area contributed by atoms with Crippen molar-refractivity contribution in [1.29, 1.82) is 0 Å². The molecule has 0 aliphatic heterocycles. The lowest BCUT2D eigenvalue weighted by Crippen LogP contribution is -2.12. The largest absolute Gasteiger partial charge is 0.360 e. The van der Waals surface area contributed by atoms with Gasteiger partial charge in [0.15, 0.2) is 11.6 Å². The molecule has 1 aromatic rings. The molecule has 11 heavy (non-hydrogen) atoms. The van der Waals surface area contributed by atoms with Gasteiger partial charge in [-0.2, -0.15) is 0 Å². The smallest absolute Gasteiger partial charge is 0.165 e. The van der Waals surface area contributed by atoms with Crippen molar-refractivity contribution >= 4 is 21.7 Å². The molecule has 0 spiro atoms. The maximum absolute atomic E-state index is 12.9. The predicted molar refractivity (Wildman–Crippen MR) is 46.2 cm³/mol. The monoisotopic (exact) mass is 218 g/mol. The highest BCUT2D eigenvalue weighted by molar-refractivity contribution is 9.10. The van der Waals surface area contributed by atoms with Gasteiger partial charge in [0.25, 0.3) is 0 Å². The van der Waals surface area contributed by atoms with Crippen LogP contribution in [-0.4, -0.2) is 19.1 Å². The number of nitrogens with zero attached hydrogens (tertiary/aromatic N) is 2. The van der Waals surface area contributed by atoms with E-state index in [0.717, 1.165) is 0 Å². The van der Waals surface area contributed by atoms with E-state index in [4.69, 9.17) is 0 Å². The van der Waals surface area contributed by atoms with Crippen LogP contribution in [0.15, 0.2) is 16.7 Å². The van der Waals surface area contributed by atoms with Gasteiger partial charge in [0, 0.05) is 14.1 Å². The quantitative estimate of drug-likeness (QED) is 0.672. The van der Waals surface area contributed by atoms with Crippen LogP contribution >= 0.6 is 15.9 Å². The summed E-state index contributed by atoms with van der Waals surface area (Å²) in [6.45, 7) is 0. The molecule has 0 atom stereocenters. The third-order valence-electron chi connectivity index (χ3n) is 1.22. The Kier molecular flexibility index (Phi) is 2.44. The Bertz CT molecular complexity index is 263. The van der Waals surface area contributed by atoms with E-state index < -0.39 is 0 Å². The van der Waals surface area contributed by atoms with Gasteiger partial charge in [0.1, 0.15) is 4.60 Å². The Hall–Kier alpha value is -0.640. The van der Waals surface area contributed by atoms with Crippen molar-refractivity contribution in [3.63, 3.8) is 0 Å². The van der Waals surface area contributed by atoms with Crippen LogP contribution in [0.3, 0.4) is 0 Å². The van der Waals surface area contributed by atoms with E-state index in [9.17, 15) is 4.39 Å². The Balaban J connectivity index is 3.13. The zero-order chi connectivity index (χ0) is 8.43. The topological polar surface area (TPSA) is 16.1 Å². The van der Waals surface area contributed by atoms with Crippen molar-refractivity contribution in [3.05, 3.63) is 22.6 Å². The minimum atomic E-state index is -0.307. The predicted octanol–water partition coefficient (Wildman–Crippen LogP) is 2.05. The highest BCUT2D eigenvalue weighted by atomic mass is 79.9. The molecule has 2 nitrogen and oxygen atoms in total. The number of aromatic nitrogens is 1. The fraction of sp³-hybridized carbons (Fsp3) is 0.286. The average molecular weight is 219 g/mol. The summed E-state index contributed by atoms with van der Waals surface area (Å²) in [6.07, 6.45) is 0. The van der Waals surface area contributed by atoms with E-state index in [1.165, 1.54) is 6.07 Å². The summed E-state index contributed by atoms with van der Waals surface area (Å²) in [6, 6.07) is 2.95. The molecule has 0 saturated carbocycles. The SMILES string of the molecule is CN(C)c1nc(Br)ccc1F. The Morgan fingerprint density at radius 1 is 1.45 bits per heavy atom. The van der Waals surface area contributed by atoms with E-state index in [-0.39, 0.29) is 5.82 Å². The normalized spacial score (nSPS) is 9.82. The van der Waals surface area contributed by atoms with E-state index in [2.05, 4.69) is 20.9 Å². The number of anilines is 1. The van der Waals surface area contributed by atoms with Crippen LogP contribution in [0, 0.1) is 5.82 Å². The minimum Gasteiger partial charge on any atom is -0.360 e. The van der Waals surface area contributed by atoms with Crippen molar-refractivity contribution < 1.29 is 4.39 Å². The second kappa shape index (κ2) is 3.17. The van der Waals surface area contributed by atoms with Gasteiger partial charge in [0.2, 0.25) is 0 Å². The Morgan fingerprint density at radius 3 is 2.55 bits per heavy atom. The summed E-state index contributed by atoms with van der Waals surface area (Å²) >= 11 is 3.16. The molecule has 0 amide bonds. The molecule has 1 heterocycles. The number of hydrogen-bond acceptors (Lipinski definition) is 2. The van der Waals surface area contributed by atoms with E-state index in [1.54, 1.807) is 25.1 Å². The Labute approximate surface area is 73.2 Å². The molecule has 60 valence electrons. The molecule has 0 aromatic carbocycles. The van der Waals surface area contributed by atoms with Gasteiger partial charge < -0.3 is 4.90 Å². The zero-order valence-electron chi connectivity index (χ0n) is 6.31. The van der Waals surface area contributed by atoms with E-state index in [0.29, 0.717) is 10.4 Å². The summed E-state index contributed by atoms with van der Waals surface area (Å²) in [4.78, 5) is 5.56. The molecule has 0 aliphatic rings. The first-order valence-corrected chi connectivity index (χ1v) is 3.90. The second-order valence-electron chi connectivity index (χ2n) is 2.33. The third-order valence-corrected chi connectivity index (χ3v) is 1.66. The first kappa shape index (κ1) is 8.46. The summed E-state index contributed by atoms with van der Waals surface area (Å²) in [7, 11) is 3.50. The van der Waals surface area contributed by atoms with Gasteiger partial charge >= 0.3 is 0 Å². The molecule has 1 rings (SSSR count). The van der Waals surface area contributed by atoms with Gasteiger partial charge in [-0.05, 0) is 28.1 Å². The lowest BCUT2D eigenvalue weighted by atomic mass is 10.4. The highest BCUT2D eigenvalue weighted by Gasteiger charge is 2.04. The van der Waals surface area contributed by atoms with Crippen LogP contribution in [0.2, 0.25) is 0 Å². The lowest BCUT2D eigenvalue weighted by molar-refractivity contribution is 0.618. The van der Waals surface area contributed by atoms with Gasteiger partial charge in [-0.15, -0.1) is 0 Å². The van der Waals surface area contributed by atoms with Crippen LogP contribution in [0.1, 0.15) is 0 Å². The van der Waals surface area contributed by atoms with Crippen molar-refractivity contribution in [3.8, 4) is 0 Å². The first-order chi connectivity index (χ1) is 5.11. The van der Waals surface area contributed by atoms with Gasteiger partial charge in [-0.1, -0.05) is 0 Å². The van der Waals surface area contributed by atoms with Crippen molar-refractivity contribution in [2.75, 3.05) is 19.0 Å². The van der Waals surface area contributed by atoms with Crippen LogP contribution in [0.25, 0.3) is 0 Å². The molecule has 0 radical (unpaired) electrons. The lowest BCUT2D eigenvalue weighted by Gasteiger charge is -2.11. The summed E-state index contributed by atoms with van der Waals surface area (Å²) in [5.41, 5.74) is 0. The molecule has 0 saturated heterocycles. The fourth-order valence-electron chi connectivity index (χ4n) is 0.722. The average Bonchev–Trinajstić information content (AvgIpc) is 1.94. The molecule has 0 unspecified atom stereocenters. The molecule has 1 aromatic heterocycles. The number of hydrogen-bond donors (Lipinski definition) is 0. The number of rotatable bonds is 1. The first-order valence-electron chi connectivity index (χ1n) is 3.10. The van der Waals surface area contributed by atoms with Crippen LogP contribution < -0.4 is 4.90 Å². The number of halogens is 2. The molecule has 0 fully saturated rings. The van der Waals surface area contributed by atoms with Crippen LogP contribution in [0.5, 0.6) is 0 Å². The molecule has 0 bridgehead atoms. The molecule has 0 N–H and O–H groups in total. The van der Waals surface area contributed by atoms with Crippen molar-refractivity contribution in [2.45, 2.75) is 0 Å². The van der Waals surface area contributed by atoms with E-state index in [1.807, 2.05) is 0 Å². The fourth-order valence-corrected chi connectivity index (χ4v) is 1.02. The van der Waals surface area contributed by atoms with Crippen LogP contribution in [0.4, 0.5) is 10.2 Å². The van der Waals surface area contributed by atoms with E-state index >= 15 is 0 Å². The van der Waals surface area contributed by atoms with Gasteiger partial charge in [-0.3, -0.25) is 0 Å². The Morgan fingerprint density at radius 2 is 2.09 bits per heavy atom. The van der Waals surface area contributed by atoms with Crippen LogP contribution in [-0.2, 0) is 0 Å². The van der Waals surface area contributed by atoms with Crippen molar-refractivity contribution in [1.82, 2.24) is 4.98 Å². The standard InChI is InChI=1S/C7H8BrFN2/c1-11(2)7-5(9)3-4-6(8)10-7/h3-4H,1-2H3. The maximum atomic E-state index is 12.9. The molecular formula is C7H8BrFN2. The molecule has 0 aliphatic carbocycles. The number of pyridine rings is 1. The van der Waals surface area contributed by atoms with Gasteiger partial charge in [0.05, 0.1) is 0 Å². The zero-order valence-corrected chi connectivity index (χ0v) is 7.89. The molecule has 4 heteroatoms. The highest BCUT2D eigenvalue weighted by Crippen LogP contribution is 2.16.